The van der Waals surface area contributed by atoms with Crippen LogP contribution in [0.5, 0.6) is 5.75 Å². The van der Waals surface area contributed by atoms with Gasteiger partial charge in [-0.25, -0.2) is 0 Å². The third-order valence-electron chi connectivity index (χ3n) is 5.49. The van der Waals surface area contributed by atoms with Crippen molar-refractivity contribution in [2.45, 2.75) is 19.4 Å². The number of carbonyl (C=O) groups excluding carboxylic acids is 2. The van der Waals surface area contributed by atoms with Crippen LogP contribution < -0.4 is 14.4 Å². The van der Waals surface area contributed by atoms with Crippen molar-refractivity contribution in [1.29, 1.82) is 0 Å². The van der Waals surface area contributed by atoms with Crippen LogP contribution in [0.15, 0.2) is 47.5 Å². The van der Waals surface area contributed by atoms with Gasteiger partial charge in [-0.15, -0.1) is 11.8 Å². The topological polar surface area (TPSA) is 73.1 Å². The minimum Gasteiger partial charge on any atom is -0.497 e. The van der Waals surface area contributed by atoms with Gasteiger partial charge < -0.3 is 18.9 Å². The smallest absolute Gasteiger partial charge is 0.258 e. The fraction of sp³-hybridized carbons (Fsp3) is 0.375. The summed E-state index contributed by atoms with van der Waals surface area (Å²) in [4.78, 5) is 32.2. The van der Waals surface area contributed by atoms with E-state index in [0.717, 1.165) is 41.0 Å². The van der Waals surface area contributed by atoms with Gasteiger partial charge in [0, 0.05) is 25.9 Å². The zero-order valence-corrected chi connectivity index (χ0v) is 20.4. The number of fused-ring (bicyclic) bond motifs is 2. The van der Waals surface area contributed by atoms with Gasteiger partial charge in [-0.05, 0) is 42.7 Å². The Morgan fingerprint density at radius 3 is 2.82 bits per heavy atom. The molecule has 0 unspecified atom stereocenters. The van der Waals surface area contributed by atoms with Crippen molar-refractivity contribution < 1.29 is 19.1 Å². The van der Waals surface area contributed by atoms with Crippen LogP contribution in [0.3, 0.4) is 0 Å². The molecule has 174 valence electrons. The van der Waals surface area contributed by atoms with Crippen molar-refractivity contribution in [2.24, 2.45) is 4.99 Å². The average Bonchev–Trinajstić information content (AvgIpc) is 3.17. The van der Waals surface area contributed by atoms with Crippen LogP contribution in [0.4, 0.5) is 5.69 Å². The van der Waals surface area contributed by atoms with Gasteiger partial charge in [0.15, 0.2) is 4.80 Å². The normalized spacial score (nSPS) is 13.9. The fourth-order valence-electron chi connectivity index (χ4n) is 3.90. The van der Waals surface area contributed by atoms with Gasteiger partial charge in [0.25, 0.3) is 5.91 Å². The van der Waals surface area contributed by atoms with Crippen LogP contribution in [-0.4, -0.2) is 55.3 Å². The third-order valence-corrected chi connectivity index (χ3v) is 7.43. The lowest BCUT2D eigenvalue weighted by Gasteiger charge is -2.29. The monoisotopic (exact) mass is 485 g/mol. The van der Waals surface area contributed by atoms with Crippen LogP contribution in [0, 0.1) is 0 Å². The molecule has 4 rings (SSSR count). The number of amides is 2. The highest BCUT2D eigenvalue weighted by molar-refractivity contribution is 8.00. The molecule has 1 aliphatic heterocycles. The van der Waals surface area contributed by atoms with Gasteiger partial charge in [-0.3, -0.25) is 9.59 Å². The summed E-state index contributed by atoms with van der Waals surface area (Å²) in [5.41, 5.74) is 3.18. The number of hydrogen-bond acceptors (Lipinski definition) is 6. The fourth-order valence-corrected chi connectivity index (χ4v) is 5.67. The highest BCUT2D eigenvalue weighted by Crippen LogP contribution is 2.27. The molecule has 3 aromatic rings. The van der Waals surface area contributed by atoms with Crippen LogP contribution >= 0.6 is 23.1 Å². The molecule has 0 radical (unpaired) electrons. The molecular formula is C24H27N3O4S2. The molecule has 9 heteroatoms. The van der Waals surface area contributed by atoms with E-state index < -0.39 is 0 Å². The van der Waals surface area contributed by atoms with Crippen molar-refractivity contribution in [2.75, 3.05) is 43.8 Å². The second-order valence-corrected chi connectivity index (χ2v) is 9.63. The van der Waals surface area contributed by atoms with Crippen LogP contribution in [-0.2, 0) is 27.3 Å². The number of thiazole rings is 1. The number of hydrogen-bond donors (Lipinski definition) is 0. The lowest BCUT2D eigenvalue weighted by Crippen LogP contribution is -2.36. The minimum atomic E-state index is -0.253. The predicted molar refractivity (Wildman–Crippen MR) is 133 cm³/mol. The number of nitrogens with zero attached hydrogens (tertiary/aromatic N) is 3. The number of methoxy groups -OCH3 is 2. The molecule has 0 aliphatic carbocycles. The van der Waals surface area contributed by atoms with E-state index in [9.17, 15) is 9.59 Å². The van der Waals surface area contributed by atoms with Gasteiger partial charge in [0.1, 0.15) is 5.75 Å². The predicted octanol–water partition coefficient (Wildman–Crippen LogP) is 3.50. The summed E-state index contributed by atoms with van der Waals surface area (Å²) in [7, 11) is 3.28. The van der Waals surface area contributed by atoms with E-state index in [-0.39, 0.29) is 23.3 Å². The highest BCUT2D eigenvalue weighted by atomic mass is 32.2. The Labute approximate surface area is 201 Å². The van der Waals surface area contributed by atoms with Crippen molar-refractivity contribution in [1.82, 2.24) is 4.57 Å². The Hall–Kier alpha value is -2.62. The molecule has 0 bridgehead atoms. The summed E-state index contributed by atoms with van der Waals surface area (Å²) in [6.07, 6.45) is 1.95. The number of thioether (sulfide) groups is 1. The maximum atomic E-state index is 12.8. The van der Waals surface area contributed by atoms with Gasteiger partial charge in [0.05, 0.1) is 35.4 Å². The van der Waals surface area contributed by atoms with E-state index in [0.29, 0.717) is 18.0 Å². The first-order chi connectivity index (χ1) is 16.1. The molecule has 33 heavy (non-hydrogen) atoms. The lowest BCUT2D eigenvalue weighted by atomic mass is 10.0. The number of ether oxygens (including phenoxy) is 2. The summed E-state index contributed by atoms with van der Waals surface area (Å²) >= 11 is 2.75. The number of benzene rings is 2. The zero-order chi connectivity index (χ0) is 23.2. The molecular weight excluding hydrogens is 458 g/mol. The van der Waals surface area contributed by atoms with Crippen molar-refractivity contribution >= 4 is 50.8 Å². The van der Waals surface area contributed by atoms with Crippen LogP contribution in [0.2, 0.25) is 0 Å². The Bertz CT molecular complexity index is 1220. The maximum absolute atomic E-state index is 12.8. The van der Waals surface area contributed by atoms with Crippen molar-refractivity contribution in [3.63, 3.8) is 0 Å². The summed E-state index contributed by atoms with van der Waals surface area (Å²) in [6, 6.07) is 13.8. The molecule has 0 saturated carbocycles. The largest absolute Gasteiger partial charge is 0.497 e. The number of anilines is 1. The number of para-hydroxylation sites is 1. The Morgan fingerprint density at radius 2 is 2.00 bits per heavy atom. The van der Waals surface area contributed by atoms with Gasteiger partial charge in [-0.2, -0.15) is 4.99 Å². The molecule has 1 aliphatic rings. The molecule has 0 N–H and O–H groups in total. The van der Waals surface area contributed by atoms with Crippen molar-refractivity contribution in [3.8, 4) is 5.75 Å². The minimum absolute atomic E-state index is 0.0315. The summed E-state index contributed by atoms with van der Waals surface area (Å²) in [5, 5.41) is 0. The molecule has 1 aromatic heterocycles. The third kappa shape index (κ3) is 5.48. The maximum Gasteiger partial charge on any atom is 0.258 e. The second-order valence-electron chi connectivity index (χ2n) is 7.64. The van der Waals surface area contributed by atoms with Gasteiger partial charge in [-0.1, -0.05) is 29.5 Å². The Morgan fingerprint density at radius 1 is 1.15 bits per heavy atom. The van der Waals surface area contributed by atoms with E-state index in [2.05, 4.69) is 11.1 Å². The molecule has 2 heterocycles. The van der Waals surface area contributed by atoms with E-state index in [1.165, 1.54) is 28.7 Å². The first-order valence-corrected chi connectivity index (χ1v) is 12.8. The quantitative estimate of drug-likeness (QED) is 0.488. The first-order valence-electron chi connectivity index (χ1n) is 10.8. The average molecular weight is 486 g/mol. The number of rotatable bonds is 8. The van der Waals surface area contributed by atoms with Crippen LogP contribution in [0.25, 0.3) is 10.2 Å². The molecule has 0 atom stereocenters. The SMILES string of the molecule is COCCn1c(=NC(=O)CSCC(=O)N2CCCc3ccccc32)sc2cc(OC)ccc21. The summed E-state index contributed by atoms with van der Waals surface area (Å²) < 4.78 is 13.5. The number of carbonyl (C=O) groups is 2. The highest BCUT2D eigenvalue weighted by Gasteiger charge is 2.22. The Balaban J connectivity index is 1.44. The lowest BCUT2D eigenvalue weighted by molar-refractivity contribution is -0.116. The summed E-state index contributed by atoms with van der Waals surface area (Å²) in [6.45, 7) is 1.83. The number of aryl methyl sites for hydroxylation is 1. The molecule has 0 saturated heterocycles. The van der Waals surface area contributed by atoms with E-state index in [4.69, 9.17) is 9.47 Å². The molecule has 0 fully saturated rings. The van der Waals surface area contributed by atoms with Crippen LogP contribution in [0.1, 0.15) is 12.0 Å². The van der Waals surface area contributed by atoms with Gasteiger partial charge in [0.2, 0.25) is 5.91 Å². The zero-order valence-electron chi connectivity index (χ0n) is 18.8. The van der Waals surface area contributed by atoms with E-state index in [1.54, 1.807) is 14.2 Å². The molecule has 2 aromatic carbocycles. The molecule has 2 amide bonds. The van der Waals surface area contributed by atoms with E-state index in [1.807, 2.05) is 45.9 Å². The molecule has 7 nitrogen and oxygen atoms in total. The van der Waals surface area contributed by atoms with Crippen molar-refractivity contribution in [3.05, 3.63) is 52.8 Å². The van der Waals surface area contributed by atoms with Gasteiger partial charge >= 0.3 is 0 Å². The second kappa shape index (κ2) is 11.0. The first kappa shape index (κ1) is 23.5. The number of aromatic nitrogens is 1. The van der Waals surface area contributed by atoms with E-state index >= 15 is 0 Å². The summed E-state index contributed by atoms with van der Waals surface area (Å²) in [5.74, 6) is 0.945. The Kier molecular flexibility index (Phi) is 7.85. The standard InChI is InChI=1S/C24H27N3O4S2/c1-30-13-12-27-20-10-9-18(31-2)14-21(20)33-24(27)25-22(28)15-32-16-23(29)26-11-5-7-17-6-3-4-8-19(17)26/h3-4,6,8-10,14H,5,7,11-13,15-16H2,1-2H3. The molecule has 0 spiro atoms.